The van der Waals surface area contributed by atoms with Crippen molar-refractivity contribution >= 4 is 23.1 Å². The fourth-order valence-electron chi connectivity index (χ4n) is 0.827. The lowest BCUT2D eigenvalue weighted by Gasteiger charge is -2.05. The second-order valence-electron chi connectivity index (χ2n) is 2.57. The first kappa shape index (κ1) is 9.95. The minimum Gasteiger partial charge on any atom is -0.319 e. The summed E-state index contributed by atoms with van der Waals surface area (Å²) in [4.78, 5) is 0. The van der Waals surface area contributed by atoms with Gasteiger partial charge in [0.2, 0.25) is 0 Å². The second kappa shape index (κ2) is 4.79. The van der Waals surface area contributed by atoms with Gasteiger partial charge in [-0.05, 0) is 14.0 Å². The van der Waals surface area contributed by atoms with Crippen LogP contribution in [0, 0.1) is 6.92 Å². The number of aryl methyl sites for hydroxylation is 1. The quantitative estimate of drug-likeness (QED) is 0.753. The third-order valence-electron chi connectivity index (χ3n) is 1.30. The van der Waals surface area contributed by atoms with E-state index in [4.69, 9.17) is 0 Å². The van der Waals surface area contributed by atoms with Crippen LogP contribution in [-0.2, 0) is 0 Å². The summed E-state index contributed by atoms with van der Waals surface area (Å²) in [6.07, 6.45) is 0. The van der Waals surface area contributed by atoms with Crippen molar-refractivity contribution in [2.75, 3.05) is 13.6 Å². The number of aromatic nitrogens is 2. The summed E-state index contributed by atoms with van der Waals surface area (Å²) < 4.78 is 1.07. The van der Waals surface area contributed by atoms with E-state index in [0.29, 0.717) is 5.25 Å². The van der Waals surface area contributed by atoms with Crippen LogP contribution in [0.1, 0.15) is 11.9 Å². The number of thioether (sulfide) groups is 1. The summed E-state index contributed by atoms with van der Waals surface area (Å²) in [5, 5.41) is 12.7. The van der Waals surface area contributed by atoms with Gasteiger partial charge in [-0.2, -0.15) is 0 Å². The fourth-order valence-corrected chi connectivity index (χ4v) is 2.97. The number of rotatable bonds is 4. The smallest absolute Gasteiger partial charge is 0.174 e. The predicted octanol–water partition coefficient (Wildman–Crippen LogP) is 1.55. The third-order valence-corrected chi connectivity index (χ3v) is 3.33. The van der Waals surface area contributed by atoms with Crippen molar-refractivity contribution in [2.24, 2.45) is 0 Å². The molecule has 0 saturated carbocycles. The molecule has 5 heteroatoms. The van der Waals surface area contributed by atoms with Gasteiger partial charge in [-0.25, -0.2) is 0 Å². The summed E-state index contributed by atoms with van der Waals surface area (Å²) in [7, 11) is 1.96. The highest BCUT2D eigenvalue weighted by atomic mass is 32.2. The number of nitrogens with zero attached hydrogens (tertiary/aromatic N) is 2. The molecular formula is C7H13N3S2. The monoisotopic (exact) mass is 203 g/mol. The highest BCUT2D eigenvalue weighted by molar-refractivity contribution is 8.01. The lowest BCUT2D eigenvalue weighted by atomic mass is 10.5. The molecule has 0 saturated heterocycles. The summed E-state index contributed by atoms with van der Waals surface area (Å²) in [6.45, 7) is 5.16. The molecule has 0 fully saturated rings. The van der Waals surface area contributed by atoms with E-state index in [9.17, 15) is 0 Å². The van der Waals surface area contributed by atoms with Crippen molar-refractivity contribution in [2.45, 2.75) is 23.4 Å². The van der Waals surface area contributed by atoms with E-state index < -0.39 is 0 Å². The van der Waals surface area contributed by atoms with Crippen LogP contribution in [0.5, 0.6) is 0 Å². The van der Waals surface area contributed by atoms with Gasteiger partial charge < -0.3 is 5.32 Å². The van der Waals surface area contributed by atoms with Gasteiger partial charge in [0, 0.05) is 11.8 Å². The molecule has 0 aliphatic heterocycles. The number of nitrogens with one attached hydrogen (secondary N) is 1. The molecule has 0 aromatic carbocycles. The van der Waals surface area contributed by atoms with E-state index in [0.717, 1.165) is 15.9 Å². The molecule has 0 aliphatic rings. The standard InChI is InChI=1S/C7H13N3S2/c1-5(4-8-3)11-7-10-9-6(2)12-7/h5,8H,4H2,1-3H3. The van der Waals surface area contributed by atoms with Gasteiger partial charge in [-0.15, -0.1) is 10.2 Å². The molecule has 1 unspecified atom stereocenters. The van der Waals surface area contributed by atoms with Crippen LogP contribution in [0.4, 0.5) is 0 Å². The topological polar surface area (TPSA) is 37.8 Å². The molecule has 1 aromatic rings. The Morgan fingerprint density at radius 2 is 2.33 bits per heavy atom. The zero-order valence-electron chi connectivity index (χ0n) is 7.50. The molecule has 0 aliphatic carbocycles. The van der Waals surface area contributed by atoms with Gasteiger partial charge >= 0.3 is 0 Å². The zero-order chi connectivity index (χ0) is 8.97. The first-order valence-electron chi connectivity index (χ1n) is 3.83. The van der Waals surface area contributed by atoms with Crippen molar-refractivity contribution in [1.29, 1.82) is 0 Å². The minimum atomic E-state index is 0.558. The van der Waals surface area contributed by atoms with Gasteiger partial charge in [0.15, 0.2) is 4.34 Å². The Kier molecular flexibility index (Phi) is 3.97. The Morgan fingerprint density at radius 1 is 1.58 bits per heavy atom. The average molecular weight is 203 g/mol. The molecule has 1 atom stereocenters. The molecule has 0 bridgehead atoms. The molecule has 12 heavy (non-hydrogen) atoms. The van der Waals surface area contributed by atoms with Crippen LogP contribution < -0.4 is 5.32 Å². The Labute approximate surface area is 81.0 Å². The average Bonchev–Trinajstić information content (AvgIpc) is 2.36. The lowest BCUT2D eigenvalue weighted by molar-refractivity contribution is 0.784. The zero-order valence-corrected chi connectivity index (χ0v) is 9.13. The maximum absolute atomic E-state index is 4.04. The lowest BCUT2D eigenvalue weighted by Crippen LogP contribution is -2.17. The largest absolute Gasteiger partial charge is 0.319 e. The van der Waals surface area contributed by atoms with E-state index >= 15 is 0 Å². The molecular weight excluding hydrogens is 190 g/mol. The Bertz CT molecular complexity index is 236. The Hall–Kier alpha value is -0.130. The summed E-state index contributed by atoms with van der Waals surface area (Å²) >= 11 is 3.43. The molecule has 0 radical (unpaired) electrons. The van der Waals surface area contributed by atoms with Crippen LogP contribution in [0.15, 0.2) is 4.34 Å². The Morgan fingerprint density at radius 3 is 2.83 bits per heavy atom. The van der Waals surface area contributed by atoms with E-state index in [1.165, 1.54) is 0 Å². The molecule has 1 aromatic heterocycles. The van der Waals surface area contributed by atoms with E-state index in [-0.39, 0.29) is 0 Å². The minimum absolute atomic E-state index is 0.558. The summed E-state index contributed by atoms with van der Waals surface area (Å²) in [5.74, 6) is 0. The number of hydrogen-bond donors (Lipinski definition) is 1. The molecule has 0 spiro atoms. The fraction of sp³-hybridized carbons (Fsp3) is 0.714. The van der Waals surface area contributed by atoms with Gasteiger partial charge in [0.25, 0.3) is 0 Å². The summed E-state index contributed by atoms with van der Waals surface area (Å²) in [6, 6.07) is 0. The van der Waals surface area contributed by atoms with Crippen molar-refractivity contribution < 1.29 is 0 Å². The second-order valence-corrected chi connectivity index (χ2v) is 5.44. The highest BCUT2D eigenvalue weighted by Crippen LogP contribution is 2.25. The van der Waals surface area contributed by atoms with Crippen LogP contribution in [-0.4, -0.2) is 29.0 Å². The van der Waals surface area contributed by atoms with Crippen LogP contribution >= 0.6 is 23.1 Å². The van der Waals surface area contributed by atoms with Crippen molar-refractivity contribution in [3.63, 3.8) is 0 Å². The predicted molar refractivity (Wildman–Crippen MR) is 53.9 cm³/mol. The van der Waals surface area contributed by atoms with Crippen molar-refractivity contribution in [3.8, 4) is 0 Å². The van der Waals surface area contributed by atoms with E-state index in [1.807, 2.05) is 14.0 Å². The highest BCUT2D eigenvalue weighted by Gasteiger charge is 2.06. The normalized spacial score (nSPS) is 13.2. The van der Waals surface area contributed by atoms with E-state index in [1.54, 1.807) is 23.1 Å². The van der Waals surface area contributed by atoms with Gasteiger partial charge in [0.05, 0.1) is 0 Å². The first-order valence-corrected chi connectivity index (χ1v) is 5.53. The third kappa shape index (κ3) is 3.08. The number of hydrogen-bond acceptors (Lipinski definition) is 5. The Balaban J connectivity index is 2.41. The van der Waals surface area contributed by atoms with Gasteiger partial charge in [-0.3, -0.25) is 0 Å². The molecule has 1 N–H and O–H groups in total. The molecule has 3 nitrogen and oxygen atoms in total. The van der Waals surface area contributed by atoms with Crippen LogP contribution in [0.2, 0.25) is 0 Å². The van der Waals surface area contributed by atoms with Gasteiger partial charge in [-0.1, -0.05) is 30.0 Å². The van der Waals surface area contributed by atoms with Crippen molar-refractivity contribution in [3.05, 3.63) is 5.01 Å². The van der Waals surface area contributed by atoms with Crippen LogP contribution in [0.3, 0.4) is 0 Å². The van der Waals surface area contributed by atoms with Gasteiger partial charge in [0.1, 0.15) is 5.01 Å². The van der Waals surface area contributed by atoms with Crippen molar-refractivity contribution in [1.82, 2.24) is 15.5 Å². The maximum Gasteiger partial charge on any atom is 0.174 e. The molecule has 0 amide bonds. The first-order chi connectivity index (χ1) is 5.72. The SMILES string of the molecule is CNCC(C)Sc1nnc(C)s1. The molecule has 68 valence electrons. The maximum atomic E-state index is 4.04. The van der Waals surface area contributed by atoms with E-state index in [2.05, 4.69) is 22.4 Å². The summed E-state index contributed by atoms with van der Waals surface area (Å²) in [5.41, 5.74) is 0. The van der Waals surface area contributed by atoms with Crippen LogP contribution in [0.25, 0.3) is 0 Å². The molecule has 1 rings (SSSR count). The molecule has 1 heterocycles.